The van der Waals surface area contributed by atoms with Crippen LogP contribution in [-0.4, -0.2) is 32.5 Å². The van der Waals surface area contributed by atoms with E-state index in [9.17, 15) is 4.79 Å². The van der Waals surface area contributed by atoms with Crippen molar-refractivity contribution < 1.29 is 4.79 Å². The molecule has 1 aliphatic carbocycles. The van der Waals surface area contributed by atoms with E-state index in [1.807, 2.05) is 0 Å². The second-order valence-electron chi connectivity index (χ2n) is 7.00. The maximum atomic E-state index is 12.2. The maximum absolute atomic E-state index is 12.2. The highest BCUT2D eigenvalue weighted by Crippen LogP contribution is 2.25. The van der Waals surface area contributed by atoms with Gasteiger partial charge >= 0.3 is 0 Å². The SMILES string of the molecule is CC(C)c1nnc(SCC(=O)NC2CCCCCC2)n1C(C)C. The van der Waals surface area contributed by atoms with Crippen molar-refractivity contribution in [2.45, 2.75) is 89.4 Å². The normalized spacial score (nSPS) is 16.8. The van der Waals surface area contributed by atoms with Gasteiger partial charge in [0.15, 0.2) is 5.16 Å². The largest absolute Gasteiger partial charge is 0.353 e. The van der Waals surface area contributed by atoms with Crippen molar-refractivity contribution in [2.75, 3.05) is 5.75 Å². The number of thioether (sulfide) groups is 1. The lowest BCUT2D eigenvalue weighted by molar-refractivity contribution is -0.119. The van der Waals surface area contributed by atoms with E-state index < -0.39 is 0 Å². The predicted molar refractivity (Wildman–Crippen MR) is 94.9 cm³/mol. The quantitative estimate of drug-likeness (QED) is 0.631. The van der Waals surface area contributed by atoms with Gasteiger partial charge in [-0.15, -0.1) is 10.2 Å². The Hall–Kier alpha value is -1.04. The van der Waals surface area contributed by atoms with Gasteiger partial charge < -0.3 is 9.88 Å². The Bertz CT molecular complexity index is 505. The Balaban J connectivity index is 1.91. The second kappa shape index (κ2) is 8.71. The van der Waals surface area contributed by atoms with E-state index in [-0.39, 0.29) is 5.91 Å². The summed E-state index contributed by atoms with van der Waals surface area (Å²) in [4.78, 5) is 12.2. The molecule has 1 heterocycles. The highest BCUT2D eigenvalue weighted by Gasteiger charge is 2.19. The molecule has 0 radical (unpaired) electrons. The van der Waals surface area contributed by atoms with Crippen LogP contribution in [0.15, 0.2) is 5.16 Å². The summed E-state index contributed by atoms with van der Waals surface area (Å²) in [7, 11) is 0. The average molecular weight is 339 g/mol. The van der Waals surface area contributed by atoms with E-state index in [1.165, 1.54) is 37.4 Å². The second-order valence-corrected chi connectivity index (χ2v) is 7.95. The van der Waals surface area contributed by atoms with Crippen molar-refractivity contribution >= 4 is 17.7 Å². The summed E-state index contributed by atoms with van der Waals surface area (Å²) in [6.45, 7) is 8.50. The van der Waals surface area contributed by atoms with Crippen LogP contribution < -0.4 is 5.32 Å². The number of nitrogens with one attached hydrogen (secondary N) is 1. The third-order valence-electron chi connectivity index (χ3n) is 4.28. The van der Waals surface area contributed by atoms with Gasteiger partial charge in [-0.05, 0) is 26.7 Å². The van der Waals surface area contributed by atoms with Crippen molar-refractivity contribution in [3.05, 3.63) is 5.82 Å². The third kappa shape index (κ3) is 5.23. The minimum atomic E-state index is 0.117. The molecule has 1 N–H and O–H groups in total. The Labute approximate surface area is 144 Å². The molecule has 0 spiro atoms. The van der Waals surface area contributed by atoms with Crippen LogP contribution in [0.3, 0.4) is 0 Å². The molecule has 1 saturated carbocycles. The molecule has 5 nitrogen and oxygen atoms in total. The van der Waals surface area contributed by atoms with Crippen molar-refractivity contribution in [3.63, 3.8) is 0 Å². The first-order valence-corrected chi connectivity index (χ1v) is 9.84. The van der Waals surface area contributed by atoms with Crippen LogP contribution in [0.1, 0.15) is 84.0 Å². The number of carbonyl (C=O) groups is 1. The van der Waals surface area contributed by atoms with Crippen molar-refractivity contribution in [1.82, 2.24) is 20.1 Å². The van der Waals surface area contributed by atoms with E-state index in [0.29, 0.717) is 23.8 Å². The van der Waals surface area contributed by atoms with Gasteiger partial charge in [-0.25, -0.2) is 0 Å². The minimum absolute atomic E-state index is 0.117. The summed E-state index contributed by atoms with van der Waals surface area (Å²) in [5.74, 6) is 1.86. The molecule has 1 fully saturated rings. The number of aromatic nitrogens is 3. The fourth-order valence-electron chi connectivity index (χ4n) is 3.09. The van der Waals surface area contributed by atoms with E-state index in [4.69, 9.17) is 0 Å². The molecule has 0 unspecified atom stereocenters. The highest BCUT2D eigenvalue weighted by atomic mass is 32.2. The summed E-state index contributed by atoms with van der Waals surface area (Å²) in [5, 5.41) is 12.6. The topological polar surface area (TPSA) is 59.8 Å². The molecule has 1 aromatic heterocycles. The fourth-order valence-corrected chi connectivity index (χ4v) is 3.97. The van der Waals surface area contributed by atoms with Crippen molar-refractivity contribution in [3.8, 4) is 0 Å². The third-order valence-corrected chi connectivity index (χ3v) is 5.22. The summed E-state index contributed by atoms with van der Waals surface area (Å²) in [6.07, 6.45) is 7.31. The molecule has 1 aliphatic rings. The lowest BCUT2D eigenvalue weighted by Crippen LogP contribution is -2.35. The molecule has 2 rings (SSSR count). The molecule has 0 aliphatic heterocycles. The van der Waals surface area contributed by atoms with Crippen LogP contribution in [0.2, 0.25) is 0 Å². The summed E-state index contributed by atoms with van der Waals surface area (Å²) < 4.78 is 2.15. The molecule has 0 saturated heterocycles. The maximum Gasteiger partial charge on any atom is 0.230 e. The van der Waals surface area contributed by atoms with Crippen LogP contribution in [0.4, 0.5) is 0 Å². The molecule has 0 bridgehead atoms. The zero-order chi connectivity index (χ0) is 16.8. The van der Waals surface area contributed by atoms with E-state index >= 15 is 0 Å². The van der Waals surface area contributed by atoms with Gasteiger partial charge in [0.05, 0.1) is 5.75 Å². The van der Waals surface area contributed by atoms with Gasteiger partial charge in [0.1, 0.15) is 5.82 Å². The summed E-state index contributed by atoms with van der Waals surface area (Å²) in [5.41, 5.74) is 0. The van der Waals surface area contributed by atoms with Crippen LogP contribution in [0.25, 0.3) is 0 Å². The monoisotopic (exact) mass is 338 g/mol. The lowest BCUT2D eigenvalue weighted by atomic mass is 10.1. The molecule has 23 heavy (non-hydrogen) atoms. The first kappa shape index (κ1) is 18.3. The number of carbonyl (C=O) groups excluding carboxylic acids is 1. The summed E-state index contributed by atoms with van der Waals surface area (Å²) >= 11 is 1.49. The zero-order valence-electron chi connectivity index (χ0n) is 14.8. The molecule has 1 aromatic rings. The summed E-state index contributed by atoms with van der Waals surface area (Å²) in [6, 6.07) is 0.662. The van der Waals surface area contributed by atoms with Gasteiger partial charge in [0.2, 0.25) is 5.91 Å². The number of hydrogen-bond donors (Lipinski definition) is 1. The fraction of sp³-hybridized carbons (Fsp3) is 0.824. The first-order valence-electron chi connectivity index (χ1n) is 8.86. The van der Waals surface area contributed by atoms with Crippen molar-refractivity contribution in [1.29, 1.82) is 0 Å². The van der Waals surface area contributed by atoms with Gasteiger partial charge in [-0.2, -0.15) is 0 Å². The smallest absolute Gasteiger partial charge is 0.230 e. The van der Waals surface area contributed by atoms with Crippen LogP contribution in [-0.2, 0) is 4.79 Å². The standard InChI is InChI=1S/C17H30N4OS/c1-12(2)16-19-20-17(21(16)13(3)4)23-11-15(22)18-14-9-7-5-6-8-10-14/h12-14H,5-11H2,1-4H3,(H,18,22). The Morgan fingerprint density at radius 3 is 2.39 bits per heavy atom. The number of rotatable bonds is 6. The lowest BCUT2D eigenvalue weighted by Gasteiger charge is -2.17. The molecule has 0 atom stereocenters. The highest BCUT2D eigenvalue weighted by molar-refractivity contribution is 7.99. The van der Waals surface area contributed by atoms with Gasteiger partial charge in [0.25, 0.3) is 0 Å². The number of amides is 1. The zero-order valence-corrected chi connectivity index (χ0v) is 15.7. The van der Waals surface area contributed by atoms with Gasteiger partial charge in [-0.3, -0.25) is 4.79 Å². The first-order chi connectivity index (χ1) is 11.0. The molecular formula is C17H30N4OS. The van der Waals surface area contributed by atoms with Crippen LogP contribution >= 0.6 is 11.8 Å². The van der Waals surface area contributed by atoms with E-state index in [0.717, 1.165) is 23.8 Å². The van der Waals surface area contributed by atoms with Gasteiger partial charge in [-0.1, -0.05) is 51.3 Å². The van der Waals surface area contributed by atoms with Gasteiger partial charge in [0, 0.05) is 18.0 Å². The van der Waals surface area contributed by atoms with Crippen LogP contribution in [0.5, 0.6) is 0 Å². The molecule has 130 valence electrons. The Morgan fingerprint density at radius 2 is 1.83 bits per heavy atom. The molecule has 6 heteroatoms. The van der Waals surface area contributed by atoms with E-state index in [2.05, 4.69) is 47.8 Å². The Kier molecular flexibility index (Phi) is 6.93. The minimum Gasteiger partial charge on any atom is -0.353 e. The van der Waals surface area contributed by atoms with Crippen LogP contribution in [0, 0.1) is 0 Å². The predicted octanol–water partition coefficient (Wildman–Crippen LogP) is 3.91. The number of hydrogen-bond acceptors (Lipinski definition) is 4. The molecule has 0 aromatic carbocycles. The molecular weight excluding hydrogens is 308 g/mol. The number of nitrogens with zero attached hydrogens (tertiary/aromatic N) is 3. The Morgan fingerprint density at radius 1 is 1.17 bits per heavy atom. The molecule has 1 amide bonds. The average Bonchev–Trinajstić information content (AvgIpc) is 2.77. The van der Waals surface area contributed by atoms with E-state index in [1.54, 1.807) is 0 Å². The van der Waals surface area contributed by atoms with Crippen molar-refractivity contribution in [2.24, 2.45) is 0 Å².